The summed E-state index contributed by atoms with van der Waals surface area (Å²) in [5, 5.41) is 9.23. The van der Waals surface area contributed by atoms with E-state index in [2.05, 4.69) is 0 Å². The summed E-state index contributed by atoms with van der Waals surface area (Å²) in [4.78, 5) is 13.6. The first-order valence-electron chi connectivity index (χ1n) is 5.39. The number of nitrogens with zero attached hydrogens (tertiary/aromatic N) is 1. The quantitative estimate of drug-likeness (QED) is 0.605. The molecule has 1 amide bonds. The molecule has 0 aliphatic carbocycles. The molecule has 2 atom stereocenters. The average Bonchev–Trinajstić information content (AvgIpc) is 2.28. The summed E-state index contributed by atoms with van der Waals surface area (Å²) in [7, 11) is 0. The fraction of sp³-hybridized carbons (Fsp3) is 0.308. The first kappa shape index (κ1) is 10.9. The molecule has 1 aromatic carbocycles. The number of aliphatic hydroxyl groups excluding tert-OH is 1. The normalized spacial score (nSPS) is 24.4. The lowest BCUT2D eigenvalue weighted by Crippen LogP contribution is -2.54. The summed E-state index contributed by atoms with van der Waals surface area (Å²) in [5.74, 6) is -0.0143. The lowest BCUT2D eigenvalue weighted by atomic mass is 9.93. The molecule has 3 heteroatoms. The highest BCUT2D eigenvalue weighted by molar-refractivity contribution is 6.15. The number of anilines is 1. The van der Waals surface area contributed by atoms with Crippen molar-refractivity contribution in [1.82, 2.24) is 0 Å². The highest BCUT2D eigenvalue weighted by Crippen LogP contribution is 2.31. The van der Waals surface area contributed by atoms with E-state index in [9.17, 15) is 9.90 Å². The van der Waals surface area contributed by atoms with Crippen LogP contribution in [0.3, 0.4) is 0 Å². The van der Waals surface area contributed by atoms with Crippen LogP contribution in [0.1, 0.15) is 13.8 Å². The molecule has 1 aliphatic heterocycles. The van der Waals surface area contributed by atoms with Gasteiger partial charge in [0.1, 0.15) is 0 Å². The molecule has 84 valence electrons. The molecular formula is C13H15NO2. The number of amides is 1. The summed E-state index contributed by atoms with van der Waals surface area (Å²) in [6, 6.07) is 9.60. The smallest absolute Gasteiger partial charge is 0.256 e. The molecule has 1 N–H and O–H groups in total. The van der Waals surface area contributed by atoms with Crippen molar-refractivity contribution in [3.8, 4) is 0 Å². The molecule has 1 heterocycles. The van der Waals surface area contributed by atoms with Gasteiger partial charge in [-0.05, 0) is 32.1 Å². The summed E-state index contributed by atoms with van der Waals surface area (Å²) in [5.41, 5.74) is 1.60. The minimum absolute atomic E-state index is 0.0143. The number of hydrogen-bond donors (Lipinski definition) is 1. The lowest BCUT2D eigenvalue weighted by Gasteiger charge is -2.41. The van der Waals surface area contributed by atoms with E-state index in [4.69, 9.17) is 0 Å². The van der Waals surface area contributed by atoms with E-state index in [1.54, 1.807) is 17.9 Å². The number of para-hydroxylation sites is 1. The van der Waals surface area contributed by atoms with Crippen LogP contribution in [0.5, 0.6) is 0 Å². The minimum atomic E-state index is -0.570. The van der Waals surface area contributed by atoms with Crippen molar-refractivity contribution in [1.29, 1.82) is 0 Å². The molecule has 1 saturated heterocycles. The van der Waals surface area contributed by atoms with Crippen LogP contribution in [-0.2, 0) is 4.79 Å². The topological polar surface area (TPSA) is 40.5 Å². The van der Waals surface area contributed by atoms with Crippen molar-refractivity contribution in [3.05, 3.63) is 42.0 Å². The van der Waals surface area contributed by atoms with Gasteiger partial charge in [-0.25, -0.2) is 0 Å². The van der Waals surface area contributed by atoms with Gasteiger partial charge >= 0.3 is 0 Å². The predicted octanol–water partition coefficient (Wildman–Crippen LogP) is 1.73. The minimum Gasteiger partial charge on any atom is -0.389 e. The zero-order chi connectivity index (χ0) is 11.7. The SMILES string of the molecule is CC(O)/C=C1/C(=O)N(c2ccccc2)C1C. The first-order valence-corrected chi connectivity index (χ1v) is 5.39. The van der Waals surface area contributed by atoms with E-state index in [1.165, 1.54) is 0 Å². The van der Waals surface area contributed by atoms with Crippen LogP contribution in [0.4, 0.5) is 5.69 Å². The van der Waals surface area contributed by atoms with Crippen molar-refractivity contribution in [2.75, 3.05) is 4.90 Å². The van der Waals surface area contributed by atoms with Crippen LogP contribution in [0.25, 0.3) is 0 Å². The van der Waals surface area contributed by atoms with Crippen molar-refractivity contribution >= 4 is 11.6 Å². The molecule has 0 bridgehead atoms. The van der Waals surface area contributed by atoms with Crippen molar-refractivity contribution in [2.45, 2.75) is 26.0 Å². The Hall–Kier alpha value is -1.61. The Balaban J connectivity index is 2.22. The number of β-lactam (4-membered cyclic amide) rings is 1. The summed E-state index contributed by atoms with van der Waals surface area (Å²) in [6.07, 6.45) is 1.05. The number of carbonyl (C=O) groups is 1. The van der Waals surface area contributed by atoms with E-state index < -0.39 is 6.10 Å². The summed E-state index contributed by atoms with van der Waals surface area (Å²) >= 11 is 0. The van der Waals surface area contributed by atoms with Crippen LogP contribution in [-0.4, -0.2) is 23.2 Å². The molecule has 0 spiro atoms. The van der Waals surface area contributed by atoms with Crippen LogP contribution >= 0.6 is 0 Å². The Labute approximate surface area is 95.0 Å². The molecule has 1 aliphatic rings. The molecule has 1 aromatic rings. The van der Waals surface area contributed by atoms with Crippen molar-refractivity contribution in [2.24, 2.45) is 0 Å². The van der Waals surface area contributed by atoms with E-state index in [1.807, 2.05) is 37.3 Å². The average molecular weight is 217 g/mol. The fourth-order valence-corrected chi connectivity index (χ4v) is 1.97. The largest absolute Gasteiger partial charge is 0.389 e. The number of hydrogen-bond acceptors (Lipinski definition) is 2. The molecule has 0 radical (unpaired) electrons. The second-order valence-corrected chi connectivity index (χ2v) is 4.05. The molecule has 0 aromatic heterocycles. The lowest BCUT2D eigenvalue weighted by molar-refractivity contribution is -0.118. The van der Waals surface area contributed by atoms with E-state index in [0.717, 1.165) is 5.69 Å². The Morgan fingerprint density at radius 3 is 2.50 bits per heavy atom. The zero-order valence-electron chi connectivity index (χ0n) is 9.42. The number of benzene rings is 1. The molecule has 1 fully saturated rings. The standard InChI is InChI=1S/C13H15NO2/c1-9(15)8-12-10(2)14(13(12)16)11-6-4-3-5-7-11/h3-10,15H,1-2H3/b12-8+. The van der Waals surface area contributed by atoms with Crippen molar-refractivity contribution in [3.63, 3.8) is 0 Å². The Morgan fingerprint density at radius 1 is 1.38 bits per heavy atom. The predicted molar refractivity (Wildman–Crippen MR) is 63.2 cm³/mol. The van der Waals surface area contributed by atoms with Gasteiger partial charge in [0.15, 0.2) is 0 Å². The summed E-state index contributed by atoms with van der Waals surface area (Å²) < 4.78 is 0. The molecule has 2 unspecified atom stereocenters. The highest BCUT2D eigenvalue weighted by atomic mass is 16.3. The maximum absolute atomic E-state index is 11.9. The monoisotopic (exact) mass is 217 g/mol. The van der Waals surface area contributed by atoms with Gasteiger partial charge < -0.3 is 10.0 Å². The second-order valence-electron chi connectivity index (χ2n) is 4.05. The van der Waals surface area contributed by atoms with Crippen LogP contribution in [0.2, 0.25) is 0 Å². The van der Waals surface area contributed by atoms with Crippen LogP contribution < -0.4 is 4.90 Å². The maximum Gasteiger partial charge on any atom is 0.256 e. The highest BCUT2D eigenvalue weighted by Gasteiger charge is 2.39. The molecule has 0 saturated carbocycles. The zero-order valence-corrected chi connectivity index (χ0v) is 9.42. The van der Waals surface area contributed by atoms with Gasteiger partial charge in [0.25, 0.3) is 5.91 Å². The Bertz CT molecular complexity index is 423. The first-order chi connectivity index (χ1) is 7.61. The third-order valence-electron chi connectivity index (χ3n) is 2.76. The second kappa shape index (κ2) is 4.10. The van der Waals surface area contributed by atoms with E-state index in [0.29, 0.717) is 5.57 Å². The van der Waals surface area contributed by atoms with Crippen molar-refractivity contribution < 1.29 is 9.90 Å². The maximum atomic E-state index is 11.9. The molecular weight excluding hydrogens is 202 g/mol. The Morgan fingerprint density at radius 2 is 2.00 bits per heavy atom. The van der Waals surface area contributed by atoms with Crippen LogP contribution in [0, 0.1) is 0 Å². The van der Waals surface area contributed by atoms with Crippen LogP contribution in [0.15, 0.2) is 42.0 Å². The van der Waals surface area contributed by atoms with Gasteiger partial charge in [-0.2, -0.15) is 0 Å². The molecule has 3 nitrogen and oxygen atoms in total. The van der Waals surface area contributed by atoms with Gasteiger partial charge in [-0.3, -0.25) is 4.79 Å². The molecule has 16 heavy (non-hydrogen) atoms. The molecule has 2 rings (SSSR count). The number of aliphatic hydroxyl groups is 1. The van der Waals surface area contributed by atoms with Gasteiger partial charge in [-0.1, -0.05) is 18.2 Å². The van der Waals surface area contributed by atoms with Gasteiger partial charge in [0.2, 0.25) is 0 Å². The van der Waals surface area contributed by atoms with Gasteiger partial charge in [-0.15, -0.1) is 0 Å². The van der Waals surface area contributed by atoms with Gasteiger partial charge in [0, 0.05) is 11.3 Å². The van der Waals surface area contributed by atoms with E-state index in [-0.39, 0.29) is 11.9 Å². The third-order valence-corrected chi connectivity index (χ3v) is 2.76. The number of carbonyl (C=O) groups excluding carboxylic acids is 1. The fourth-order valence-electron chi connectivity index (χ4n) is 1.97. The third kappa shape index (κ3) is 1.74. The van der Waals surface area contributed by atoms with E-state index >= 15 is 0 Å². The Kier molecular flexibility index (Phi) is 2.79. The number of rotatable bonds is 2. The summed E-state index contributed by atoms with van der Waals surface area (Å²) in [6.45, 7) is 3.61. The van der Waals surface area contributed by atoms with Gasteiger partial charge in [0.05, 0.1) is 12.1 Å².